The lowest BCUT2D eigenvalue weighted by Crippen LogP contribution is -2.35. The molecule has 0 aromatic heterocycles. The maximum Gasteiger partial charge on any atom is 0.119 e. The van der Waals surface area contributed by atoms with Gasteiger partial charge in [0.05, 0.1) is 12.2 Å². The normalized spacial score (nSPS) is 37.1. The first-order valence-electron chi connectivity index (χ1n) is 3.46. The van der Waals surface area contributed by atoms with Crippen molar-refractivity contribution in [2.45, 2.75) is 12.5 Å². The Morgan fingerprint density at radius 2 is 2.36 bits per heavy atom. The Bertz CT molecular complexity index is 206. The van der Waals surface area contributed by atoms with Gasteiger partial charge in [-0.2, -0.15) is 0 Å². The van der Waals surface area contributed by atoms with Crippen molar-refractivity contribution in [2.75, 3.05) is 6.61 Å². The lowest BCUT2D eigenvalue weighted by atomic mass is 9.86. The highest BCUT2D eigenvalue weighted by atomic mass is 19.1. The average Bonchev–Trinajstić information content (AvgIpc) is 1.94. The van der Waals surface area contributed by atoms with Crippen LogP contribution in [-0.4, -0.2) is 22.4 Å². The fraction of sp³-hybridized carbons (Fsp3) is 0.500. The van der Waals surface area contributed by atoms with Crippen molar-refractivity contribution >= 4 is 0 Å². The molecule has 0 spiro atoms. The van der Waals surface area contributed by atoms with E-state index in [2.05, 4.69) is 0 Å². The number of aliphatic hydroxyl groups excluding tert-OH is 1. The van der Waals surface area contributed by atoms with Crippen molar-refractivity contribution < 1.29 is 14.6 Å². The van der Waals surface area contributed by atoms with Gasteiger partial charge < -0.3 is 10.2 Å². The lowest BCUT2D eigenvalue weighted by molar-refractivity contribution is 0.0361. The molecule has 2 N–H and O–H groups in total. The van der Waals surface area contributed by atoms with Crippen LogP contribution in [0.2, 0.25) is 0 Å². The van der Waals surface area contributed by atoms with Crippen LogP contribution in [0, 0.1) is 5.92 Å². The maximum atomic E-state index is 12.5. The summed E-state index contributed by atoms with van der Waals surface area (Å²) in [6, 6.07) is 0. The molecule has 1 aliphatic rings. The third-order valence-electron chi connectivity index (χ3n) is 1.89. The van der Waals surface area contributed by atoms with Crippen molar-refractivity contribution in [2.24, 2.45) is 5.92 Å². The molecule has 0 fully saturated rings. The number of allylic oxidation sites excluding steroid dienone is 2. The fourth-order valence-electron chi connectivity index (χ4n) is 1.03. The molecule has 0 saturated heterocycles. The predicted octanol–water partition coefficient (Wildman–Crippen LogP) is 0.769. The zero-order valence-corrected chi connectivity index (χ0v) is 6.29. The second-order valence-electron chi connectivity index (χ2n) is 2.90. The molecule has 0 saturated carbocycles. The number of hydrogen-bond donors (Lipinski definition) is 2. The molecule has 1 aliphatic carbocycles. The molecule has 0 unspecified atom stereocenters. The van der Waals surface area contributed by atoms with Crippen molar-refractivity contribution in [3.63, 3.8) is 0 Å². The summed E-state index contributed by atoms with van der Waals surface area (Å²) in [7, 11) is 0. The molecule has 0 bridgehead atoms. The van der Waals surface area contributed by atoms with E-state index in [4.69, 9.17) is 5.11 Å². The van der Waals surface area contributed by atoms with Gasteiger partial charge in [0.2, 0.25) is 0 Å². The first-order chi connectivity index (χ1) is 5.06. The fourth-order valence-corrected chi connectivity index (χ4v) is 1.03. The Morgan fingerprint density at radius 3 is 2.82 bits per heavy atom. The summed E-state index contributed by atoms with van der Waals surface area (Å²) >= 11 is 0. The van der Waals surface area contributed by atoms with E-state index in [9.17, 15) is 9.50 Å². The van der Waals surface area contributed by atoms with Crippen LogP contribution in [0.1, 0.15) is 6.92 Å². The molecular formula is C8H11FO2. The molecule has 0 aromatic rings. The Labute approximate surface area is 64.7 Å². The number of halogens is 1. The van der Waals surface area contributed by atoms with Gasteiger partial charge in [-0.1, -0.05) is 0 Å². The smallest absolute Gasteiger partial charge is 0.119 e. The maximum absolute atomic E-state index is 12.5. The van der Waals surface area contributed by atoms with Crippen LogP contribution in [0.4, 0.5) is 4.39 Å². The van der Waals surface area contributed by atoms with Crippen LogP contribution in [0.25, 0.3) is 0 Å². The van der Waals surface area contributed by atoms with Crippen molar-refractivity contribution in [1.29, 1.82) is 0 Å². The first kappa shape index (κ1) is 8.43. The summed E-state index contributed by atoms with van der Waals surface area (Å²) in [6.45, 7) is 1.29. The van der Waals surface area contributed by atoms with Gasteiger partial charge in [0, 0.05) is 5.92 Å². The van der Waals surface area contributed by atoms with Crippen LogP contribution < -0.4 is 0 Å². The molecule has 2 atom stereocenters. The van der Waals surface area contributed by atoms with Gasteiger partial charge in [-0.05, 0) is 25.2 Å². The van der Waals surface area contributed by atoms with E-state index in [1.807, 2.05) is 0 Å². The molecule has 0 radical (unpaired) electrons. The predicted molar refractivity (Wildman–Crippen MR) is 39.5 cm³/mol. The molecule has 0 amide bonds. The summed E-state index contributed by atoms with van der Waals surface area (Å²) < 4.78 is 12.5. The minimum atomic E-state index is -1.12. The average molecular weight is 158 g/mol. The van der Waals surface area contributed by atoms with Crippen LogP contribution in [-0.2, 0) is 0 Å². The van der Waals surface area contributed by atoms with Crippen LogP contribution in [0.15, 0.2) is 24.1 Å². The highest BCUT2D eigenvalue weighted by Gasteiger charge is 2.29. The molecule has 3 heteroatoms. The van der Waals surface area contributed by atoms with E-state index in [-0.39, 0.29) is 6.61 Å². The number of hydrogen-bond acceptors (Lipinski definition) is 2. The summed E-state index contributed by atoms with van der Waals surface area (Å²) in [4.78, 5) is 0. The highest BCUT2D eigenvalue weighted by Crippen LogP contribution is 2.26. The van der Waals surface area contributed by atoms with Crippen molar-refractivity contribution in [3.8, 4) is 0 Å². The van der Waals surface area contributed by atoms with Crippen LogP contribution in [0.5, 0.6) is 0 Å². The topological polar surface area (TPSA) is 40.5 Å². The van der Waals surface area contributed by atoms with Gasteiger partial charge in [-0.15, -0.1) is 0 Å². The molecule has 1 rings (SSSR count). The molecule has 62 valence electrons. The summed E-state index contributed by atoms with van der Waals surface area (Å²) in [5.41, 5.74) is -1.12. The largest absolute Gasteiger partial charge is 0.396 e. The zero-order chi connectivity index (χ0) is 8.48. The lowest BCUT2D eigenvalue weighted by Gasteiger charge is -2.28. The molecule has 0 aliphatic heterocycles. The Kier molecular flexibility index (Phi) is 2.11. The Balaban J connectivity index is 2.84. The van der Waals surface area contributed by atoms with Crippen LogP contribution in [0.3, 0.4) is 0 Å². The molecule has 0 aromatic carbocycles. The summed E-state index contributed by atoms with van der Waals surface area (Å²) in [5.74, 6) is -0.942. The van der Waals surface area contributed by atoms with Gasteiger partial charge in [0.1, 0.15) is 5.83 Å². The van der Waals surface area contributed by atoms with E-state index >= 15 is 0 Å². The summed E-state index contributed by atoms with van der Waals surface area (Å²) in [5, 5.41) is 18.2. The van der Waals surface area contributed by atoms with E-state index < -0.39 is 17.3 Å². The van der Waals surface area contributed by atoms with Crippen molar-refractivity contribution in [3.05, 3.63) is 24.1 Å². The Hall–Kier alpha value is -0.670. The molecule has 2 nitrogen and oxygen atoms in total. The third-order valence-corrected chi connectivity index (χ3v) is 1.89. The van der Waals surface area contributed by atoms with E-state index in [0.717, 1.165) is 0 Å². The number of aliphatic hydroxyl groups is 2. The van der Waals surface area contributed by atoms with Gasteiger partial charge in [0.25, 0.3) is 0 Å². The van der Waals surface area contributed by atoms with Gasteiger partial charge in [0.15, 0.2) is 0 Å². The Morgan fingerprint density at radius 1 is 1.73 bits per heavy atom. The first-order valence-corrected chi connectivity index (χ1v) is 3.46. The van der Waals surface area contributed by atoms with Crippen molar-refractivity contribution in [1.82, 2.24) is 0 Å². The quantitative estimate of drug-likeness (QED) is 0.591. The van der Waals surface area contributed by atoms with E-state index in [1.54, 1.807) is 0 Å². The number of rotatable bonds is 1. The monoisotopic (exact) mass is 158 g/mol. The second kappa shape index (κ2) is 2.75. The molecular weight excluding hydrogens is 147 g/mol. The molecule has 0 heterocycles. The zero-order valence-electron chi connectivity index (χ0n) is 6.29. The highest BCUT2D eigenvalue weighted by molar-refractivity contribution is 5.24. The molecule has 11 heavy (non-hydrogen) atoms. The van der Waals surface area contributed by atoms with E-state index in [1.165, 1.54) is 25.2 Å². The van der Waals surface area contributed by atoms with Gasteiger partial charge in [-0.25, -0.2) is 4.39 Å². The SMILES string of the molecule is C[C@@]1(O)C=CC(F)=C[C@H]1CO. The second-order valence-corrected chi connectivity index (χ2v) is 2.90. The minimum absolute atomic E-state index is 0.245. The van der Waals surface area contributed by atoms with Crippen LogP contribution >= 0.6 is 0 Å². The standard InChI is InChI=1S/C8H11FO2/c1-8(11)3-2-7(9)4-6(8)5-10/h2-4,6,10-11H,5H2,1H3/t6-,8+/m0/s1. The van der Waals surface area contributed by atoms with E-state index in [0.29, 0.717) is 0 Å². The third kappa shape index (κ3) is 1.67. The summed E-state index contributed by atoms with van der Waals surface area (Å²) in [6.07, 6.45) is 3.77. The van der Waals surface area contributed by atoms with Gasteiger partial charge in [-0.3, -0.25) is 0 Å². The van der Waals surface area contributed by atoms with Gasteiger partial charge >= 0.3 is 0 Å². The minimum Gasteiger partial charge on any atom is -0.396 e.